The van der Waals surface area contributed by atoms with Crippen molar-refractivity contribution in [3.8, 4) is 0 Å². The third kappa shape index (κ3) is 3.43. The molecule has 4 rings (SSSR count). The molecule has 1 heterocycles. The molecule has 0 aromatic rings. The van der Waals surface area contributed by atoms with Gasteiger partial charge in [0.25, 0.3) is 0 Å². The maximum Gasteiger partial charge on any atom is 0.333 e. The second-order valence-corrected chi connectivity index (χ2v) is 11.2. The van der Waals surface area contributed by atoms with Crippen molar-refractivity contribution in [3.63, 3.8) is 0 Å². The van der Waals surface area contributed by atoms with Gasteiger partial charge in [-0.05, 0) is 36.0 Å². The fraction of sp³-hybridized carbons (Fsp3) is 0.800. The molecule has 1 N–H and O–H groups in total. The number of fused-ring (bicyclic) bond motifs is 4. The minimum atomic E-state index is -1.14. The number of carbonyl (C=O) groups excluding carboxylic acids is 3. The maximum atomic E-state index is 12.3. The van der Waals surface area contributed by atoms with Gasteiger partial charge in [0.15, 0.2) is 0 Å². The summed E-state index contributed by atoms with van der Waals surface area (Å²) in [7, 11) is 1.54. The van der Waals surface area contributed by atoms with E-state index in [2.05, 4.69) is 6.92 Å². The summed E-state index contributed by atoms with van der Waals surface area (Å²) in [5.41, 5.74) is -0.229. The van der Waals surface area contributed by atoms with Crippen LogP contribution in [0.4, 0.5) is 0 Å². The van der Waals surface area contributed by atoms with Crippen LogP contribution in [-0.2, 0) is 33.3 Å². The summed E-state index contributed by atoms with van der Waals surface area (Å²) in [4.78, 5) is 36.3. The van der Waals surface area contributed by atoms with Crippen molar-refractivity contribution >= 4 is 17.9 Å². The molecule has 8 nitrogen and oxygen atoms in total. The molecule has 33 heavy (non-hydrogen) atoms. The van der Waals surface area contributed by atoms with Gasteiger partial charge in [0.2, 0.25) is 5.79 Å². The van der Waals surface area contributed by atoms with Crippen LogP contribution in [0.1, 0.15) is 60.8 Å². The number of hydrogen-bond donors (Lipinski definition) is 1. The molecule has 184 valence electrons. The van der Waals surface area contributed by atoms with Crippen molar-refractivity contribution in [2.75, 3.05) is 7.11 Å². The summed E-state index contributed by atoms with van der Waals surface area (Å²) in [6.07, 6.45) is 1.18. The van der Waals surface area contributed by atoms with Crippen LogP contribution in [0.2, 0.25) is 0 Å². The van der Waals surface area contributed by atoms with Gasteiger partial charge in [-0.3, -0.25) is 9.59 Å². The van der Waals surface area contributed by atoms with E-state index in [0.29, 0.717) is 19.3 Å². The highest BCUT2D eigenvalue weighted by Gasteiger charge is 2.70. The number of esters is 3. The number of rotatable bonds is 3. The largest absolute Gasteiger partial charge is 0.462 e. The monoisotopic (exact) mass is 464 g/mol. The summed E-state index contributed by atoms with van der Waals surface area (Å²) in [6.45, 7) is 10.9. The Balaban J connectivity index is 1.84. The smallest absolute Gasteiger partial charge is 0.333 e. The predicted molar refractivity (Wildman–Crippen MR) is 116 cm³/mol. The van der Waals surface area contributed by atoms with Crippen LogP contribution in [0.5, 0.6) is 0 Å². The van der Waals surface area contributed by atoms with Gasteiger partial charge in [0.1, 0.15) is 12.2 Å². The lowest BCUT2D eigenvalue weighted by Gasteiger charge is -2.66. The van der Waals surface area contributed by atoms with Crippen LogP contribution < -0.4 is 0 Å². The average Bonchev–Trinajstić information content (AvgIpc) is 3.04. The zero-order valence-corrected chi connectivity index (χ0v) is 20.5. The van der Waals surface area contributed by atoms with Gasteiger partial charge in [0, 0.05) is 50.4 Å². The molecule has 0 aromatic carbocycles. The first-order valence-corrected chi connectivity index (χ1v) is 11.8. The minimum Gasteiger partial charge on any atom is -0.462 e. The van der Waals surface area contributed by atoms with E-state index >= 15 is 0 Å². The van der Waals surface area contributed by atoms with E-state index in [1.807, 2.05) is 20.8 Å². The molecule has 4 aliphatic rings. The lowest BCUT2D eigenvalue weighted by molar-refractivity contribution is -0.280. The molecule has 0 unspecified atom stereocenters. The van der Waals surface area contributed by atoms with Crippen molar-refractivity contribution in [2.24, 2.45) is 34.5 Å². The van der Waals surface area contributed by atoms with Crippen molar-refractivity contribution in [2.45, 2.75) is 84.9 Å². The topological polar surface area (TPSA) is 108 Å². The number of aliphatic hydroxyl groups excluding tert-OH is 1. The van der Waals surface area contributed by atoms with Crippen LogP contribution in [0.25, 0.3) is 0 Å². The van der Waals surface area contributed by atoms with Crippen LogP contribution >= 0.6 is 0 Å². The highest BCUT2D eigenvalue weighted by atomic mass is 16.7. The molecule has 0 radical (unpaired) electrons. The van der Waals surface area contributed by atoms with Gasteiger partial charge in [-0.25, -0.2) is 4.79 Å². The Morgan fingerprint density at radius 3 is 2.36 bits per heavy atom. The normalized spacial score (nSPS) is 45.6. The summed E-state index contributed by atoms with van der Waals surface area (Å²) >= 11 is 0. The van der Waals surface area contributed by atoms with Gasteiger partial charge < -0.3 is 24.1 Å². The molecule has 0 spiro atoms. The third-order valence-corrected chi connectivity index (χ3v) is 9.13. The van der Waals surface area contributed by atoms with E-state index in [0.717, 1.165) is 5.57 Å². The number of carbonyl (C=O) groups is 3. The van der Waals surface area contributed by atoms with Gasteiger partial charge in [0.05, 0.1) is 6.10 Å². The Kier molecular flexibility index (Phi) is 5.72. The zero-order chi connectivity index (χ0) is 24.5. The maximum absolute atomic E-state index is 12.3. The molecule has 8 heteroatoms. The van der Waals surface area contributed by atoms with Crippen molar-refractivity contribution in [1.29, 1.82) is 0 Å². The third-order valence-electron chi connectivity index (χ3n) is 9.13. The summed E-state index contributed by atoms with van der Waals surface area (Å²) in [5, 5.41) is 11.7. The van der Waals surface area contributed by atoms with Crippen molar-refractivity contribution in [1.82, 2.24) is 0 Å². The van der Waals surface area contributed by atoms with Crippen LogP contribution in [-0.4, -0.2) is 54.2 Å². The molecule has 0 saturated heterocycles. The molecule has 0 amide bonds. The summed E-state index contributed by atoms with van der Waals surface area (Å²) in [5.74, 6) is -3.21. The van der Waals surface area contributed by atoms with Crippen LogP contribution in [0, 0.1) is 34.5 Å². The van der Waals surface area contributed by atoms with Crippen LogP contribution in [0.15, 0.2) is 11.6 Å². The van der Waals surface area contributed by atoms with E-state index in [4.69, 9.17) is 18.9 Å². The molecule has 3 aliphatic carbocycles. The second-order valence-electron chi connectivity index (χ2n) is 11.2. The van der Waals surface area contributed by atoms with Crippen molar-refractivity contribution < 1.29 is 38.4 Å². The number of ether oxygens (including phenoxy) is 4. The van der Waals surface area contributed by atoms with E-state index in [-0.39, 0.29) is 41.2 Å². The first-order valence-electron chi connectivity index (χ1n) is 11.8. The Morgan fingerprint density at radius 2 is 1.79 bits per heavy atom. The molecule has 9 atom stereocenters. The van der Waals surface area contributed by atoms with Gasteiger partial charge in [-0.15, -0.1) is 0 Å². The van der Waals surface area contributed by atoms with E-state index < -0.39 is 35.3 Å². The van der Waals surface area contributed by atoms with E-state index in [9.17, 15) is 19.5 Å². The lowest BCUT2D eigenvalue weighted by Crippen LogP contribution is -2.70. The fourth-order valence-electron chi connectivity index (χ4n) is 7.95. The fourth-order valence-corrected chi connectivity index (χ4v) is 7.95. The van der Waals surface area contributed by atoms with Gasteiger partial charge >= 0.3 is 17.9 Å². The summed E-state index contributed by atoms with van der Waals surface area (Å²) in [6, 6.07) is 0. The molecule has 0 bridgehead atoms. The first-order chi connectivity index (χ1) is 15.3. The number of hydrogen-bond acceptors (Lipinski definition) is 8. The number of aliphatic hydroxyl groups is 1. The average molecular weight is 465 g/mol. The number of methoxy groups -OCH3 is 1. The molecular formula is C25H36O8. The zero-order valence-electron chi connectivity index (χ0n) is 20.5. The first kappa shape index (κ1) is 24.2. The Morgan fingerprint density at radius 1 is 1.15 bits per heavy atom. The molecule has 1 aliphatic heterocycles. The highest BCUT2D eigenvalue weighted by Crippen LogP contribution is 2.67. The molecule has 0 aromatic heterocycles. The van der Waals surface area contributed by atoms with E-state index in [1.165, 1.54) is 19.9 Å². The molecule has 3 saturated carbocycles. The Bertz CT molecular complexity index is 893. The van der Waals surface area contributed by atoms with Crippen molar-refractivity contribution in [3.05, 3.63) is 11.6 Å². The Labute approximate surface area is 195 Å². The predicted octanol–water partition coefficient (Wildman–Crippen LogP) is 2.76. The highest BCUT2D eigenvalue weighted by molar-refractivity contribution is 5.86. The van der Waals surface area contributed by atoms with Gasteiger partial charge in [-0.2, -0.15) is 0 Å². The van der Waals surface area contributed by atoms with Crippen LogP contribution in [0.3, 0.4) is 0 Å². The van der Waals surface area contributed by atoms with Gasteiger partial charge in [-0.1, -0.05) is 27.7 Å². The summed E-state index contributed by atoms with van der Waals surface area (Å²) < 4.78 is 23.1. The molecule has 3 fully saturated rings. The standard InChI is InChI=1S/C25H36O8/c1-12-15-10-18(28)33-25(15,30-7)11-16-19(12)20(29)21(32-14(3)27)22-23(4,5)17(31-13(2)26)8-9-24(16,22)6/h10,12,16-17,19-22,29H,8-9,11H2,1-7H3/t12-,16-,17+,19+,20+,21+,22-,24-,25+/m1/s1. The second kappa shape index (κ2) is 7.80. The quantitative estimate of drug-likeness (QED) is 0.502. The Hall–Kier alpha value is -1.93. The minimum absolute atomic E-state index is 0.0696. The lowest BCUT2D eigenvalue weighted by atomic mass is 9.41. The van der Waals surface area contributed by atoms with E-state index in [1.54, 1.807) is 7.11 Å². The molecular weight excluding hydrogens is 428 g/mol. The SMILES string of the molecule is CO[C@]12C[C@@H]3[C@@H]([C@H](O)[C@H](OC(C)=O)[C@@H]4C(C)(C)[C@@H](OC(C)=O)CC[C@]34C)[C@H](C)C1=CC(=O)O2.